The minimum atomic E-state index is -0.302. The van der Waals surface area contributed by atoms with Crippen molar-refractivity contribution in [2.45, 2.75) is 6.42 Å². The van der Waals surface area contributed by atoms with E-state index in [0.717, 1.165) is 0 Å². The first-order valence-electron chi connectivity index (χ1n) is 9.56. The molecule has 0 radical (unpaired) electrons. The van der Waals surface area contributed by atoms with Crippen LogP contribution in [0.1, 0.15) is 27.1 Å². The number of piperidine rings is 1. The normalized spacial score (nSPS) is 19.8. The van der Waals surface area contributed by atoms with Crippen molar-refractivity contribution in [3.8, 4) is 0 Å². The highest BCUT2D eigenvalue weighted by molar-refractivity contribution is 6.01. The van der Waals surface area contributed by atoms with Gasteiger partial charge in [-0.2, -0.15) is 0 Å². The van der Waals surface area contributed by atoms with Crippen molar-refractivity contribution in [1.29, 1.82) is 0 Å². The Kier molecular flexibility index (Phi) is 6.37. The molecule has 0 N–H and O–H groups in total. The minimum absolute atomic E-state index is 0.0290. The molecule has 146 valence electrons. The molecule has 1 saturated heterocycles. The number of carbonyl (C=O) groups is 3. The lowest BCUT2D eigenvalue weighted by atomic mass is 9.81. The Morgan fingerprint density at radius 2 is 1.25 bits per heavy atom. The zero-order valence-corrected chi connectivity index (χ0v) is 16.4. The van der Waals surface area contributed by atoms with Crippen LogP contribution in [-0.4, -0.2) is 61.0 Å². The van der Waals surface area contributed by atoms with Crippen LogP contribution in [0.25, 0.3) is 0 Å². The van der Waals surface area contributed by atoms with Gasteiger partial charge >= 0.3 is 0 Å². The van der Waals surface area contributed by atoms with Crippen molar-refractivity contribution in [3.05, 3.63) is 71.8 Å². The van der Waals surface area contributed by atoms with Crippen LogP contribution in [0.15, 0.2) is 60.7 Å². The molecule has 28 heavy (non-hydrogen) atoms. The molecule has 0 aromatic heterocycles. The van der Waals surface area contributed by atoms with Crippen LogP contribution in [0.4, 0.5) is 0 Å². The van der Waals surface area contributed by atoms with Crippen molar-refractivity contribution in [2.75, 3.05) is 33.7 Å². The van der Waals surface area contributed by atoms with Crippen LogP contribution in [0.5, 0.6) is 0 Å². The van der Waals surface area contributed by atoms with Crippen molar-refractivity contribution in [1.82, 2.24) is 9.80 Å². The molecule has 0 bridgehead atoms. The standard InChI is InChI=1S/C23H26N2O3/c1-24(2)21(26)16-25-14-19(22(27)17-9-5-3-6-10-17)13-20(15-25)23(28)18-11-7-4-8-12-18/h3-12,19-20H,13-16H2,1-2H3/t19-,20+. The third-order valence-electron chi connectivity index (χ3n) is 5.24. The van der Waals surface area contributed by atoms with Crippen LogP contribution >= 0.6 is 0 Å². The van der Waals surface area contributed by atoms with Gasteiger partial charge in [-0.05, 0) is 6.42 Å². The SMILES string of the molecule is CN(C)C(=O)CN1C[C@H](C(=O)c2ccccc2)C[C@H](C(=O)c2ccccc2)C1. The van der Waals surface area contributed by atoms with Crippen LogP contribution < -0.4 is 0 Å². The number of nitrogens with zero attached hydrogens (tertiary/aromatic N) is 2. The van der Waals surface area contributed by atoms with Crippen LogP contribution in [0, 0.1) is 11.8 Å². The molecule has 0 aliphatic carbocycles. The van der Waals surface area contributed by atoms with E-state index in [0.29, 0.717) is 30.6 Å². The Hall–Kier alpha value is -2.79. The summed E-state index contributed by atoms with van der Waals surface area (Å²) in [7, 11) is 3.43. The summed E-state index contributed by atoms with van der Waals surface area (Å²) in [6.45, 7) is 1.20. The van der Waals surface area contributed by atoms with E-state index >= 15 is 0 Å². The highest BCUT2D eigenvalue weighted by atomic mass is 16.2. The van der Waals surface area contributed by atoms with Gasteiger partial charge in [-0.15, -0.1) is 0 Å². The summed E-state index contributed by atoms with van der Waals surface area (Å²) in [6, 6.07) is 18.3. The van der Waals surface area contributed by atoms with Crippen LogP contribution in [0.2, 0.25) is 0 Å². The summed E-state index contributed by atoms with van der Waals surface area (Å²) < 4.78 is 0. The molecule has 3 rings (SSSR count). The minimum Gasteiger partial charge on any atom is -0.348 e. The average Bonchev–Trinajstić information content (AvgIpc) is 2.73. The molecular formula is C23H26N2O3. The number of amides is 1. The molecule has 0 saturated carbocycles. The van der Waals surface area contributed by atoms with Crippen molar-refractivity contribution < 1.29 is 14.4 Å². The molecule has 0 spiro atoms. The summed E-state index contributed by atoms with van der Waals surface area (Å²) in [5.41, 5.74) is 1.30. The molecule has 1 aliphatic heterocycles. The van der Waals surface area contributed by atoms with E-state index in [1.807, 2.05) is 41.3 Å². The van der Waals surface area contributed by atoms with Crippen LogP contribution in [0.3, 0.4) is 0 Å². The second-order valence-corrected chi connectivity index (χ2v) is 7.57. The largest absolute Gasteiger partial charge is 0.348 e. The lowest BCUT2D eigenvalue weighted by molar-refractivity contribution is -0.130. The number of likely N-dealkylation sites (tertiary alicyclic amines) is 1. The predicted molar refractivity (Wildman–Crippen MR) is 108 cm³/mol. The maximum Gasteiger partial charge on any atom is 0.236 e. The van der Waals surface area contributed by atoms with Gasteiger partial charge < -0.3 is 4.90 Å². The smallest absolute Gasteiger partial charge is 0.236 e. The first kappa shape index (κ1) is 20.0. The van der Waals surface area contributed by atoms with Crippen molar-refractivity contribution >= 4 is 17.5 Å². The van der Waals surface area contributed by atoms with Crippen LogP contribution in [-0.2, 0) is 4.79 Å². The van der Waals surface area contributed by atoms with Gasteiger partial charge in [-0.3, -0.25) is 19.3 Å². The van der Waals surface area contributed by atoms with Gasteiger partial charge in [0.25, 0.3) is 0 Å². The van der Waals surface area contributed by atoms with E-state index < -0.39 is 0 Å². The van der Waals surface area contributed by atoms with Gasteiger partial charge in [0, 0.05) is 50.1 Å². The Bertz CT molecular complexity index is 774. The molecule has 5 heteroatoms. The highest BCUT2D eigenvalue weighted by Gasteiger charge is 2.36. The van der Waals surface area contributed by atoms with Gasteiger partial charge in [0.15, 0.2) is 11.6 Å². The van der Waals surface area contributed by atoms with Crippen molar-refractivity contribution in [2.24, 2.45) is 11.8 Å². The Labute approximate surface area is 166 Å². The highest BCUT2D eigenvalue weighted by Crippen LogP contribution is 2.28. The maximum absolute atomic E-state index is 13.0. The predicted octanol–water partition coefficient (Wildman–Crippen LogP) is 2.78. The number of likely N-dealkylation sites (N-methyl/N-ethyl adjacent to an activating group) is 1. The summed E-state index contributed by atoms with van der Waals surface area (Å²) >= 11 is 0. The second kappa shape index (κ2) is 8.93. The number of Topliss-reactive ketones (excluding diaryl/α,β-unsaturated/α-hetero) is 2. The summed E-state index contributed by atoms with van der Waals surface area (Å²) in [5, 5.41) is 0. The molecule has 1 amide bonds. The molecule has 5 nitrogen and oxygen atoms in total. The number of ketones is 2. The zero-order valence-electron chi connectivity index (χ0n) is 16.4. The molecule has 1 fully saturated rings. The van der Waals surface area contributed by atoms with E-state index in [2.05, 4.69) is 0 Å². The fraction of sp³-hybridized carbons (Fsp3) is 0.348. The van der Waals surface area contributed by atoms with Gasteiger partial charge in [0.2, 0.25) is 5.91 Å². The zero-order chi connectivity index (χ0) is 20.1. The molecular weight excluding hydrogens is 352 g/mol. The van der Waals surface area contributed by atoms with E-state index in [4.69, 9.17) is 0 Å². The fourth-order valence-electron chi connectivity index (χ4n) is 3.71. The Morgan fingerprint density at radius 3 is 1.64 bits per heavy atom. The van der Waals surface area contributed by atoms with Gasteiger partial charge in [0.1, 0.15) is 0 Å². The van der Waals surface area contributed by atoms with E-state index in [9.17, 15) is 14.4 Å². The van der Waals surface area contributed by atoms with Gasteiger partial charge in [-0.1, -0.05) is 60.7 Å². The van der Waals surface area contributed by atoms with Crippen molar-refractivity contribution in [3.63, 3.8) is 0 Å². The monoisotopic (exact) mass is 378 g/mol. The lowest BCUT2D eigenvalue weighted by Crippen LogP contribution is -2.48. The van der Waals surface area contributed by atoms with Gasteiger partial charge in [-0.25, -0.2) is 0 Å². The summed E-state index contributed by atoms with van der Waals surface area (Å²) in [6.07, 6.45) is 0.508. The topological polar surface area (TPSA) is 57.7 Å². The molecule has 1 heterocycles. The first-order valence-corrected chi connectivity index (χ1v) is 9.56. The lowest BCUT2D eigenvalue weighted by Gasteiger charge is -2.36. The third kappa shape index (κ3) is 4.73. The number of hydrogen-bond donors (Lipinski definition) is 0. The average molecular weight is 378 g/mol. The first-order chi connectivity index (χ1) is 13.5. The molecule has 2 aromatic rings. The third-order valence-corrected chi connectivity index (χ3v) is 5.24. The Morgan fingerprint density at radius 1 is 0.821 bits per heavy atom. The van der Waals surface area contributed by atoms with E-state index in [-0.39, 0.29) is 35.9 Å². The fourth-order valence-corrected chi connectivity index (χ4v) is 3.71. The molecule has 1 aliphatic rings. The quantitative estimate of drug-likeness (QED) is 0.726. The number of rotatable bonds is 6. The van der Waals surface area contributed by atoms with Gasteiger partial charge in [0.05, 0.1) is 6.54 Å². The number of carbonyl (C=O) groups excluding carboxylic acids is 3. The molecule has 2 atom stereocenters. The van der Waals surface area contributed by atoms with E-state index in [1.165, 1.54) is 4.90 Å². The maximum atomic E-state index is 13.0. The molecule has 0 unspecified atom stereocenters. The summed E-state index contributed by atoms with van der Waals surface area (Å²) in [4.78, 5) is 41.8. The summed E-state index contributed by atoms with van der Waals surface area (Å²) in [5.74, 6) is -0.562. The molecule has 2 aromatic carbocycles. The van der Waals surface area contributed by atoms with E-state index in [1.54, 1.807) is 38.4 Å². The number of hydrogen-bond acceptors (Lipinski definition) is 4. The number of benzene rings is 2. The second-order valence-electron chi connectivity index (χ2n) is 7.57. The Balaban J connectivity index is 1.82.